The minimum Gasteiger partial charge on any atom is -0.392 e. The molecule has 0 bridgehead atoms. The van der Waals surface area contributed by atoms with Crippen molar-refractivity contribution in [1.82, 2.24) is 0 Å². The highest BCUT2D eigenvalue weighted by atomic mass is 16.8. The van der Waals surface area contributed by atoms with E-state index in [1.165, 1.54) is 19.3 Å². The molecule has 0 aromatic carbocycles. The van der Waals surface area contributed by atoms with Crippen molar-refractivity contribution in [2.24, 2.45) is 0 Å². The van der Waals surface area contributed by atoms with Gasteiger partial charge in [0.05, 0.1) is 13.2 Å². The van der Waals surface area contributed by atoms with Crippen molar-refractivity contribution in [2.75, 3.05) is 27.1 Å². The van der Waals surface area contributed by atoms with Crippen LogP contribution in [0.3, 0.4) is 0 Å². The molecule has 0 unspecified atom stereocenters. The van der Waals surface area contributed by atoms with Crippen molar-refractivity contribution in [3.8, 4) is 0 Å². The van der Waals surface area contributed by atoms with E-state index < -0.39 is 18.0 Å². The van der Waals surface area contributed by atoms with Crippen LogP contribution in [0.25, 0.3) is 0 Å². The molecule has 106 valence electrons. The molecular formula is C12H22O6. The van der Waals surface area contributed by atoms with Crippen LogP contribution in [0.5, 0.6) is 0 Å². The Hall–Kier alpha value is -0.500. The third-order valence-electron chi connectivity index (χ3n) is 2.55. The van der Waals surface area contributed by atoms with Gasteiger partial charge in [0.15, 0.2) is 5.79 Å². The van der Waals surface area contributed by atoms with E-state index in [0.29, 0.717) is 6.61 Å². The van der Waals surface area contributed by atoms with Crippen LogP contribution in [-0.2, 0) is 18.9 Å². The van der Waals surface area contributed by atoms with E-state index in [4.69, 9.17) is 24.1 Å². The van der Waals surface area contributed by atoms with Gasteiger partial charge in [-0.25, -0.2) is 0 Å². The van der Waals surface area contributed by atoms with Crippen LogP contribution in [-0.4, -0.2) is 61.4 Å². The first-order chi connectivity index (χ1) is 8.50. The number of aliphatic hydroxyl groups excluding tert-OH is 2. The molecule has 1 rings (SSSR count). The van der Waals surface area contributed by atoms with Crippen LogP contribution in [0.2, 0.25) is 0 Å². The maximum Gasteiger partial charge on any atom is 0.163 e. The fourth-order valence-corrected chi connectivity index (χ4v) is 1.76. The highest BCUT2D eigenvalue weighted by Gasteiger charge is 2.40. The predicted molar refractivity (Wildman–Crippen MR) is 63.9 cm³/mol. The summed E-state index contributed by atoms with van der Waals surface area (Å²) in [5.74, 6) is -0.681. The average molecular weight is 262 g/mol. The maximum absolute atomic E-state index is 9.98. The van der Waals surface area contributed by atoms with Crippen LogP contribution < -0.4 is 0 Å². The Morgan fingerprint density at radius 1 is 1.50 bits per heavy atom. The highest BCUT2D eigenvalue weighted by molar-refractivity contribution is 4.96. The van der Waals surface area contributed by atoms with E-state index in [-0.39, 0.29) is 19.5 Å². The van der Waals surface area contributed by atoms with Gasteiger partial charge in [0.25, 0.3) is 0 Å². The Morgan fingerprint density at radius 3 is 2.72 bits per heavy atom. The monoisotopic (exact) mass is 262 g/mol. The van der Waals surface area contributed by atoms with Crippen LogP contribution in [0, 0.1) is 0 Å². The van der Waals surface area contributed by atoms with E-state index in [1.54, 1.807) is 13.8 Å². The van der Waals surface area contributed by atoms with Crippen molar-refractivity contribution >= 4 is 0 Å². The maximum atomic E-state index is 9.98. The van der Waals surface area contributed by atoms with Gasteiger partial charge >= 0.3 is 0 Å². The minimum atomic E-state index is -0.894. The van der Waals surface area contributed by atoms with Crippen molar-refractivity contribution in [3.05, 3.63) is 12.2 Å². The van der Waals surface area contributed by atoms with Crippen molar-refractivity contribution in [1.29, 1.82) is 0 Å². The number of rotatable bonds is 7. The molecule has 0 radical (unpaired) electrons. The normalized spacial score (nSPS) is 26.6. The standard InChI is InChI=1S/C12H22O6/c1-12(2)17-7-10(18-12)11(16-8-15-3)9(14)5-4-6-13/h4-5,9-11,13-14H,6-8H2,1-3H3/b5-4-/t9-,10-,11+/m1/s1. The summed E-state index contributed by atoms with van der Waals surface area (Å²) in [4.78, 5) is 0. The van der Waals surface area contributed by atoms with Gasteiger partial charge in [-0.3, -0.25) is 0 Å². The molecule has 6 nitrogen and oxygen atoms in total. The lowest BCUT2D eigenvalue weighted by Gasteiger charge is -2.26. The summed E-state index contributed by atoms with van der Waals surface area (Å²) >= 11 is 0. The zero-order chi connectivity index (χ0) is 13.6. The zero-order valence-electron chi connectivity index (χ0n) is 11.0. The molecule has 1 aliphatic heterocycles. The van der Waals surface area contributed by atoms with Gasteiger partial charge in [0.2, 0.25) is 0 Å². The number of aliphatic hydroxyl groups is 2. The number of hydrogen-bond donors (Lipinski definition) is 2. The molecule has 1 saturated heterocycles. The molecule has 1 aliphatic rings. The van der Waals surface area contributed by atoms with Crippen LogP contribution in [0.4, 0.5) is 0 Å². The molecule has 3 atom stereocenters. The lowest BCUT2D eigenvalue weighted by atomic mass is 10.1. The number of hydrogen-bond acceptors (Lipinski definition) is 6. The Kier molecular flexibility index (Phi) is 6.20. The predicted octanol–water partition coefficient (Wildman–Crippen LogP) is 0.0364. The van der Waals surface area contributed by atoms with Gasteiger partial charge in [-0.15, -0.1) is 0 Å². The average Bonchev–Trinajstić information content (AvgIpc) is 2.67. The number of methoxy groups -OCH3 is 1. The van der Waals surface area contributed by atoms with E-state index in [2.05, 4.69) is 0 Å². The topological polar surface area (TPSA) is 77.4 Å². The van der Waals surface area contributed by atoms with E-state index in [1.807, 2.05) is 0 Å². The van der Waals surface area contributed by atoms with Crippen LogP contribution >= 0.6 is 0 Å². The van der Waals surface area contributed by atoms with Gasteiger partial charge in [-0.05, 0) is 13.8 Å². The fraction of sp³-hybridized carbons (Fsp3) is 0.833. The molecule has 0 aromatic rings. The van der Waals surface area contributed by atoms with E-state index >= 15 is 0 Å². The summed E-state index contributed by atoms with van der Waals surface area (Å²) < 4.78 is 21.3. The third-order valence-corrected chi connectivity index (χ3v) is 2.55. The van der Waals surface area contributed by atoms with E-state index in [0.717, 1.165) is 0 Å². The largest absolute Gasteiger partial charge is 0.392 e. The quantitative estimate of drug-likeness (QED) is 0.498. The Morgan fingerprint density at radius 2 is 2.22 bits per heavy atom. The summed E-state index contributed by atoms with van der Waals surface area (Å²) in [5.41, 5.74) is 0. The van der Waals surface area contributed by atoms with Gasteiger partial charge in [0, 0.05) is 7.11 Å². The minimum absolute atomic E-state index is 0.0506. The zero-order valence-corrected chi connectivity index (χ0v) is 11.0. The van der Waals surface area contributed by atoms with Crippen molar-refractivity contribution < 1.29 is 29.2 Å². The molecule has 0 aromatic heterocycles. The summed E-state index contributed by atoms with van der Waals surface area (Å²) in [5, 5.41) is 18.7. The molecule has 1 fully saturated rings. The lowest BCUT2D eigenvalue weighted by Crippen LogP contribution is -2.41. The Bertz CT molecular complexity index is 265. The second-order valence-electron chi connectivity index (χ2n) is 4.51. The molecule has 1 heterocycles. The first-order valence-corrected chi connectivity index (χ1v) is 5.88. The first kappa shape index (κ1) is 15.6. The van der Waals surface area contributed by atoms with Crippen LogP contribution in [0.1, 0.15) is 13.8 Å². The highest BCUT2D eigenvalue weighted by Crippen LogP contribution is 2.26. The molecule has 6 heteroatoms. The molecule has 0 saturated carbocycles. The molecule has 0 aliphatic carbocycles. The molecular weight excluding hydrogens is 240 g/mol. The second-order valence-corrected chi connectivity index (χ2v) is 4.51. The fourth-order valence-electron chi connectivity index (χ4n) is 1.76. The van der Waals surface area contributed by atoms with Gasteiger partial charge in [-0.1, -0.05) is 12.2 Å². The third kappa shape index (κ3) is 4.64. The molecule has 0 spiro atoms. The molecule has 18 heavy (non-hydrogen) atoms. The molecule has 0 amide bonds. The SMILES string of the molecule is COCO[C@@H]([C@H](O)/C=C\CO)[C@H]1COC(C)(C)O1. The van der Waals surface area contributed by atoms with Gasteiger partial charge in [-0.2, -0.15) is 0 Å². The summed E-state index contributed by atoms with van der Waals surface area (Å²) in [6.07, 6.45) is 1.04. The smallest absolute Gasteiger partial charge is 0.163 e. The van der Waals surface area contributed by atoms with Crippen molar-refractivity contribution in [2.45, 2.75) is 37.9 Å². The summed E-state index contributed by atoms with van der Waals surface area (Å²) in [7, 11) is 1.50. The number of ether oxygens (including phenoxy) is 4. The summed E-state index contributed by atoms with van der Waals surface area (Å²) in [6, 6.07) is 0. The van der Waals surface area contributed by atoms with Crippen LogP contribution in [0.15, 0.2) is 12.2 Å². The molecule has 2 N–H and O–H groups in total. The second kappa shape index (κ2) is 7.18. The van der Waals surface area contributed by atoms with E-state index in [9.17, 15) is 5.11 Å². The van der Waals surface area contributed by atoms with Gasteiger partial charge in [0.1, 0.15) is 25.1 Å². The lowest BCUT2D eigenvalue weighted by molar-refractivity contribution is -0.182. The Balaban J connectivity index is 2.63. The van der Waals surface area contributed by atoms with Gasteiger partial charge < -0.3 is 29.2 Å². The summed E-state index contributed by atoms with van der Waals surface area (Å²) in [6.45, 7) is 3.86. The Labute approximate surface area is 107 Å². The van der Waals surface area contributed by atoms with Crippen molar-refractivity contribution in [3.63, 3.8) is 0 Å². The first-order valence-electron chi connectivity index (χ1n) is 5.88.